The summed E-state index contributed by atoms with van der Waals surface area (Å²) in [4.78, 5) is 17.4. The van der Waals surface area contributed by atoms with E-state index in [2.05, 4.69) is 15.4 Å². The number of aromatic hydroxyl groups is 1. The molecule has 0 aliphatic carbocycles. The molecule has 0 saturated heterocycles. The molecule has 1 amide bonds. The number of carbonyl (C=O) groups excluding carboxylic acids is 1. The van der Waals surface area contributed by atoms with Crippen molar-refractivity contribution < 1.29 is 19.4 Å². The van der Waals surface area contributed by atoms with Crippen LogP contribution in [0, 0.1) is 6.92 Å². The lowest BCUT2D eigenvalue weighted by molar-refractivity contribution is 0.0954. The van der Waals surface area contributed by atoms with Crippen LogP contribution < -0.4 is 14.8 Å². The number of hydrogen-bond donors (Lipinski definition) is 2. The Morgan fingerprint density at radius 2 is 1.82 bits per heavy atom. The van der Waals surface area contributed by atoms with E-state index >= 15 is 0 Å². The van der Waals surface area contributed by atoms with Gasteiger partial charge in [-0.05, 0) is 73.5 Å². The van der Waals surface area contributed by atoms with Gasteiger partial charge in [0.2, 0.25) is 0 Å². The smallest absolute Gasteiger partial charge is 0.251 e. The third-order valence-electron chi connectivity index (χ3n) is 5.36. The molecule has 8 heteroatoms. The van der Waals surface area contributed by atoms with Crippen LogP contribution in [0.15, 0.2) is 66.7 Å². The third kappa shape index (κ3) is 5.01. The van der Waals surface area contributed by atoms with E-state index in [-0.39, 0.29) is 11.7 Å². The number of aryl methyl sites for hydroxylation is 1. The number of rotatable bonds is 8. The van der Waals surface area contributed by atoms with Gasteiger partial charge in [-0.2, -0.15) is 5.10 Å². The molecule has 0 unspecified atom stereocenters. The van der Waals surface area contributed by atoms with E-state index in [0.29, 0.717) is 35.9 Å². The molecular formula is C26H26N4O4. The lowest BCUT2D eigenvalue weighted by Gasteiger charge is -2.10. The van der Waals surface area contributed by atoms with Gasteiger partial charge in [0.1, 0.15) is 11.6 Å². The Morgan fingerprint density at radius 3 is 2.56 bits per heavy atom. The highest BCUT2D eigenvalue weighted by molar-refractivity contribution is 5.94. The zero-order valence-corrected chi connectivity index (χ0v) is 19.3. The van der Waals surface area contributed by atoms with E-state index in [1.165, 1.54) is 7.11 Å². The number of nitrogens with zero attached hydrogens (tertiary/aromatic N) is 3. The van der Waals surface area contributed by atoms with Crippen LogP contribution in [0.3, 0.4) is 0 Å². The van der Waals surface area contributed by atoms with Crippen LogP contribution in [0.25, 0.3) is 17.1 Å². The van der Waals surface area contributed by atoms with Gasteiger partial charge in [0.05, 0.1) is 19.9 Å². The predicted molar refractivity (Wildman–Crippen MR) is 129 cm³/mol. The first-order chi connectivity index (χ1) is 16.5. The Labute approximate surface area is 197 Å². The number of phenolic OH excluding ortho intramolecular Hbond substituents is 1. The summed E-state index contributed by atoms with van der Waals surface area (Å²) >= 11 is 0. The van der Waals surface area contributed by atoms with Crippen molar-refractivity contribution in [3.05, 3.63) is 83.7 Å². The maximum Gasteiger partial charge on any atom is 0.251 e. The molecule has 0 aliphatic rings. The minimum absolute atomic E-state index is 0.0875. The number of carbonyl (C=O) groups is 1. The average Bonchev–Trinajstić information content (AvgIpc) is 3.26. The lowest BCUT2D eigenvalue weighted by atomic mass is 10.1. The molecule has 3 aromatic carbocycles. The van der Waals surface area contributed by atoms with Gasteiger partial charge in [-0.15, -0.1) is 0 Å². The fourth-order valence-corrected chi connectivity index (χ4v) is 3.60. The van der Waals surface area contributed by atoms with E-state index < -0.39 is 0 Å². The number of amides is 1. The maximum atomic E-state index is 12.8. The van der Waals surface area contributed by atoms with Gasteiger partial charge >= 0.3 is 0 Å². The van der Waals surface area contributed by atoms with Crippen molar-refractivity contribution >= 4 is 5.91 Å². The van der Waals surface area contributed by atoms with E-state index in [1.807, 2.05) is 43.3 Å². The first-order valence-corrected chi connectivity index (χ1v) is 10.8. The van der Waals surface area contributed by atoms with Gasteiger partial charge in [0.15, 0.2) is 17.3 Å². The summed E-state index contributed by atoms with van der Waals surface area (Å²) in [5.74, 6) is 2.38. The zero-order valence-electron chi connectivity index (χ0n) is 19.3. The molecular weight excluding hydrogens is 432 g/mol. The molecule has 0 saturated carbocycles. The number of ether oxygens (including phenoxy) is 2. The second-order valence-electron chi connectivity index (χ2n) is 7.69. The second-order valence-corrected chi connectivity index (χ2v) is 7.69. The van der Waals surface area contributed by atoms with Gasteiger partial charge in [-0.25, -0.2) is 9.67 Å². The summed E-state index contributed by atoms with van der Waals surface area (Å²) in [6, 6.07) is 20.0. The van der Waals surface area contributed by atoms with Crippen LogP contribution in [0.1, 0.15) is 21.7 Å². The Hall–Kier alpha value is -4.33. The SMILES string of the molecule is COc1ccc(-c2nc(C)nn2-c2cccc(C(=O)NCCc3ccc(O)c(OC)c3)c2)cc1. The molecule has 0 fully saturated rings. The normalized spacial score (nSPS) is 10.7. The Bertz CT molecular complexity index is 1300. The van der Waals surface area contributed by atoms with Crippen LogP contribution >= 0.6 is 0 Å². The average molecular weight is 459 g/mol. The Balaban J connectivity index is 1.49. The van der Waals surface area contributed by atoms with Crippen molar-refractivity contribution in [3.63, 3.8) is 0 Å². The van der Waals surface area contributed by atoms with Crippen molar-refractivity contribution in [2.24, 2.45) is 0 Å². The van der Waals surface area contributed by atoms with Crippen molar-refractivity contribution in [3.8, 4) is 34.3 Å². The van der Waals surface area contributed by atoms with Gasteiger partial charge < -0.3 is 19.9 Å². The molecule has 1 aromatic heterocycles. The standard InChI is InChI=1S/C26H26N4O4/c1-17-28-25(19-8-10-22(33-2)11-9-19)30(29-17)21-6-4-5-20(16-21)26(32)27-14-13-18-7-12-23(31)24(15-18)34-3/h4-12,15-16,31H,13-14H2,1-3H3,(H,27,32). The summed E-state index contributed by atoms with van der Waals surface area (Å²) < 4.78 is 12.1. The predicted octanol–water partition coefficient (Wildman–Crippen LogP) is 3.94. The number of hydrogen-bond acceptors (Lipinski definition) is 6. The fraction of sp³-hybridized carbons (Fsp3) is 0.192. The summed E-state index contributed by atoms with van der Waals surface area (Å²) in [7, 11) is 3.13. The number of phenols is 1. The van der Waals surface area contributed by atoms with Gasteiger partial charge in [0.25, 0.3) is 5.91 Å². The molecule has 2 N–H and O–H groups in total. The van der Waals surface area contributed by atoms with E-state index in [0.717, 1.165) is 22.6 Å². The lowest BCUT2D eigenvalue weighted by Crippen LogP contribution is -2.25. The molecule has 0 radical (unpaired) electrons. The third-order valence-corrected chi connectivity index (χ3v) is 5.36. The molecule has 0 spiro atoms. The van der Waals surface area contributed by atoms with Crippen LogP contribution in [-0.4, -0.2) is 46.5 Å². The number of aromatic nitrogens is 3. The van der Waals surface area contributed by atoms with Crippen LogP contribution in [-0.2, 0) is 6.42 Å². The summed E-state index contributed by atoms with van der Waals surface area (Å²) in [6.45, 7) is 2.27. The monoisotopic (exact) mass is 458 g/mol. The molecule has 4 aromatic rings. The van der Waals surface area contributed by atoms with Gasteiger partial charge in [0, 0.05) is 17.7 Å². The molecule has 0 aliphatic heterocycles. The first kappa shape index (κ1) is 22.8. The van der Waals surface area contributed by atoms with E-state index in [4.69, 9.17) is 9.47 Å². The zero-order chi connectivity index (χ0) is 24.1. The van der Waals surface area contributed by atoms with Crippen molar-refractivity contribution in [2.75, 3.05) is 20.8 Å². The highest BCUT2D eigenvalue weighted by Crippen LogP contribution is 2.26. The highest BCUT2D eigenvalue weighted by atomic mass is 16.5. The van der Waals surface area contributed by atoms with Gasteiger partial charge in [-0.3, -0.25) is 4.79 Å². The number of nitrogens with one attached hydrogen (secondary N) is 1. The minimum Gasteiger partial charge on any atom is -0.504 e. The highest BCUT2D eigenvalue weighted by Gasteiger charge is 2.14. The molecule has 8 nitrogen and oxygen atoms in total. The van der Waals surface area contributed by atoms with E-state index in [9.17, 15) is 9.90 Å². The van der Waals surface area contributed by atoms with Crippen molar-refractivity contribution in [2.45, 2.75) is 13.3 Å². The largest absolute Gasteiger partial charge is 0.504 e. The number of methoxy groups -OCH3 is 2. The van der Waals surface area contributed by atoms with Gasteiger partial charge in [-0.1, -0.05) is 12.1 Å². The molecule has 34 heavy (non-hydrogen) atoms. The fourth-order valence-electron chi connectivity index (χ4n) is 3.60. The first-order valence-electron chi connectivity index (χ1n) is 10.8. The topological polar surface area (TPSA) is 98.5 Å². The summed E-state index contributed by atoms with van der Waals surface area (Å²) in [6.07, 6.45) is 0.603. The Morgan fingerprint density at radius 1 is 1.03 bits per heavy atom. The molecule has 4 rings (SSSR count). The van der Waals surface area contributed by atoms with Crippen LogP contribution in [0.4, 0.5) is 0 Å². The Kier molecular flexibility index (Phi) is 6.77. The van der Waals surface area contributed by atoms with Crippen molar-refractivity contribution in [1.82, 2.24) is 20.1 Å². The number of benzene rings is 3. The van der Waals surface area contributed by atoms with Crippen molar-refractivity contribution in [1.29, 1.82) is 0 Å². The van der Waals surface area contributed by atoms with Crippen LogP contribution in [0.2, 0.25) is 0 Å². The molecule has 0 bridgehead atoms. The van der Waals surface area contributed by atoms with E-state index in [1.54, 1.807) is 42.1 Å². The summed E-state index contributed by atoms with van der Waals surface area (Å²) in [5.41, 5.74) is 3.10. The molecule has 174 valence electrons. The second kappa shape index (κ2) is 10.1. The quantitative estimate of drug-likeness (QED) is 0.415. The molecule has 1 heterocycles. The minimum atomic E-state index is -0.185. The maximum absolute atomic E-state index is 12.8. The van der Waals surface area contributed by atoms with Crippen LogP contribution in [0.5, 0.6) is 17.2 Å². The molecule has 0 atom stereocenters. The summed E-state index contributed by atoms with van der Waals surface area (Å²) in [5, 5.41) is 17.2.